The van der Waals surface area contributed by atoms with Crippen molar-refractivity contribution in [3.8, 4) is 0 Å². The number of nitrogens with zero attached hydrogens (tertiary/aromatic N) is 1. The molecule has 0 aliphatic heterocycles. The van der Waals surface area contributed by atoms with Crippen LogP contribution < -0.4 is 0 Å². The molecule has 0 radical (unpaired) electrons. The van der Waals surface area contributed by atoms with Gasteiger partial charge in [-0.1, -0.05) is 51.5 Å². The van der Waals surface area contributed by atoms with Crippen LogP contribution in [0.1, 0.15) is 96.7 Å². The maximum atomic E-state index is 5.79. The Kier molecular flexibility index (Phi) is 14.2. The number of aromatic nitrogens is 1. The van der Waals surface area contributed by atoms with E-state index in [1.807, 2.05) is 27.0 Å². The van der Waals surface area contributed by atoms with Gasteiger partial charge in [0.2, 0.25) is 0 Å². The first-order valence-electron chi connectivity index (χ1n) is 11.6. The number of unbranched alkanes of at least 4 members (excludes halogenated alkanes) is 6. The minimum absolute atomic E-state index is 0.608. The van der Waals surface area contributed by atoms with Crippen LogP contribution in [0.25, 0.3) is 0 Å². The molecular formula is C24H43NO3. The van der Waals surface area contributed by atoms with Crippen molar-refractivity contribution in [2.24, 2.45) is 0 Å². The van der Waals surface area contributed by atoms with Crippen molar-refractivity contribution < 1.29 is 14.2 Å². The molecule has 0 saturated carbocycles. The third-order valence-corrected chi connectivity index (χ3v) is 4.99. The summed E-state index contributed by atoms with van der Waals surface area (Å²) in [6.07, 6.45) is 14.9. The third-order valence-electron chi connectivity index (χ3n) is 4.99. The van der Waals surface area contributed by atoms with E-state index in [9.17, 15) is 0 Å². The van der Waals surface area contributed by atoms with Gasteiger partial charge in [-0.05, 0) is 58.1 Å². The predicted octanol–water partition coefficient (Wildman–Crippen LogP) is 6.46. The van der Waals surface area contributed by atoms with E-state index in [4.69, 9.17) is 14.2 Å². The van der Waals surface area contributed by atoms with Crippen LogP contribution in [0.2, 0.25) is 0 Å². The molecule has 1 aromatic heterocycles. The average molecular weight is 394 g/mol. The standard InChI is InChI=1S/C24H43NO3/c1-5-17-23-22(19-16-21-25-23)18-14-12-10-9-11-13-15-20-24(26-6-2,27-7-3)28-8-4/h16,19,21H,5-15,17-18,20H2,1-4H3. The molecule has 0 atom stereocenters. The first-order valence-corrected chi connectivity index (χ1v) is 11.6. The van der Waals surface area contributed by atoms with Gasteiger partial charge in [0.05, 0.1) is 0 Å². The van der Waals surface area contributed by atoms with Crippen LogP contribution in [0, 0.1) is 0 Å². The Labute approximate surface area is 173 Å². The molecule has 0 unspecified atom stereocenters. The van der Waals surface area contributed by atoms with E-state index in [1.54, 1.807) is 0 Å². The van der Waals surface area contributed by atoms with E-state index in [0.29, 0.717) is 19.8 Å². The minimum Gasteiger partial charge on any atom is -0.328 e. The normalized spacial score (nSPS) is 11.9. The van der Waals surface area contributed by atoms with Crippen molar-refractivity contribution in [1.29, 1.82) is 0 Å². The van der Waals surface area contributed by atoms with E-state index >= 15 is 0 Å². The molecule has 0 saturated heterocycles. The van der Waals surface area contributed by atoms with Crippen LogP contribution in [0.15, 0.2) is 18.3 Å². The second-order valence-corrected chi connectivity index (χ2v) is 7.32. The first kappa shape index (κ1) is 25.1. The third kappa shape index (κ3) is 9.99. The molecule has 0 amide bonds. The van der Waals surface area contributed by atoms with E-state index in [0.717, 1.165) is 19.3 Å². The molecule has 1 heterocycles. The highest BCUT2D eigenvalue weighted by Gasteiger charge is 2.31. The summed E-state index contributed by atoms with van der Waals surface area (Å²) in [5.41, 5.74) is 2.75. The van der Waals surface area contributed by atoms with Gasteiger partial charge in [-0.25, -0.2) is 0 Å². The van der Waals surface area contributed by atoms with Gasteiger partial charge in [0.25, 0.3) is 5.97 Å². The molecule has 0 spiro atoms. The zero-order chi connectivity index (χ0) is 20.5. The number of ether oxygens (including phenoxy) is 3. The highest BCUT2D eigenvalue weighted by Crippen LogP contribution is 2.24. The molecule has 1 aromatic rings. The fourth-order valence-electron chi connectivity index (χ4n) is 3.70. The predicted molar refractivity (Wildman–Crippen MR) is 116 cm³/mol. The van der Waals surface area contributed by atoms with E-state index in [2.05, 4.69) is 24.0 Å². The van der Waals surface area contributed by atoms with Gasteiger partial charge in [0.1, 0.15) is 0 Å². The fraction of sp³-hybridized carbons (Fsp3) is 0.792. The van der Waals surface area contributed by atoms with Gasteiger partial charge >= 0.3 is 0 Å². The molecule has 1 rings (SSSR count). The lowest BCUT2D eigenvalue weighted by Crippen LogP contribution is -2.39. The molecule has 162 valence electrons. The monoisotopic (exact) mass is 393 g/mol. The maximum absolute atomic E-state index is 5.79. The van der Waals surface area contributed by atoms with Crippen LogP contribution in [-0.2, 0) is 27.1 Å². The lowest BCUT2D eigenvalue weighted by atomic mass is 10.0. The zero-order valence-electron chi connectivity index (χ0n) is 18.8. The van der Waals surface area contributed by atoms with Crippen LogP contribution >= 0.6 is 0 Å². The lowest BCUT2D eigenvalue weighted by molar-refractivity contribution is -0.380. The number of aryl methyl sites for hydroxylation is 2. The average Bonchev–Trinajstić information content (AvgIpc) is 2.69. The SMILES string of the molecule is CCCc1ncccc1CCCCCCCCCC(OCC)(OCC)OCC. The molecule has 0 aliphatic rings. The van der Waals surface area contributed by atoms with Gasteiger partial charge in [-0.15, -0.1) is 0 Å². The Morgan fingerprint density at radius 1 is 0.750 bits per heavy atom. The summed E-state index contributed by atoms with van der Waals surface area (Å²) in [7, 11) is 0. The Morgan fingerprint density at radius 2 is 1.32 bits per heavy atom. The Balaban J connectivity index is 2.15. The van der Waals surface area contributed by atoms with Crippen LogP contribution in [0.3, 0.4) is 0 Å². The van der Waals surface area contributed by atoms with Crippen molar-refractivity contribution in [1.82, 2.24) is 4.98 Å². The summed E-state index contributed by atoms with van der Waals surface area (Å²) in [6.45, 7) is 10.0. The summed E-state index contributed by atoms with van der Waals surface area (Å²) < 4.78 is 17.4. The largest absolute Gasteiger partial charge is 0.328 e. The highest BCUT2D eigenvalue weighted by molar-refractivity contribution is 5.19. The van der Waals surface area contributed by atoms with Crippen molar-refractivity contribution >= 4 is 0 Å². The molecule has 0 aromatic carbocycles. The number of hydrogen-bond donors (Lipinski definition) is 0. The number of pyridine rings is 1. The summed E-state index contributed by atoms with van der Waals surface area (Å²) in [5, 5.41) is 0. The molecule has 4 nitrogen and oxygen atoms in total. The van der Waals surface area contributed by atoms with Crippen LogP contribution in [-0.4, -0.2) is 30.8 Å². The smallest absolute Gasteiger partial charge is 0.282 e. The van der Waals surface area contributed by atoms with Gasteiger partial charge in [0, 0.05) is 38.1 Å². The van der Waals surface area contributed by atoms with Gasteiger partial charge in [-0.2, -0.15) is 0 Å². The topological polar surface area (TPSA) is 40.6 Å². The summed E-state index contributed by atoms with van der Waals surface area (Å²) in [6, 6.07) is 4.32. The van der Waals surface area contributed by atoms with Crippen molar-refractivity contribution in [3.05, 3.63) is 29.6 Å². The number of hydrogen-bond acceptors (Lipinski definition) is 4. The second kappa shape index (κ2) is 15.9. The number of rotatable bonds is 18. The Morgan fingerprint density at radius 3 is 1.89 bits per heavy atom. The highest BCUT2D eigenvalue weighted by atomic mass is 16.9. The maximum Gasteiger partial charge on any atom is 0.282 e. The Bertz CT molecular complexity index is 475. The Hall–Kier alpha value is -0.970. The second-order valence-electron chi connectivity index (χ2n) is 7.32. The molecule has 4 heteroatoms. The molecule has 0 fully saturated rings. The molecule has 0 aliphatic carbocycles. The van der Waals surface area contributed by atoms with Gasteiger partial charge in [-0.3, -0.25) is 4.98 Å². The zero-order valence-corrected chi connectivity index (χ0v) is 18.8. The fourth-order valence-corrected chi connectivity index (χ4v) is 3.70. The van der Waals surface area contributed by atoms with E-state index in [-0.39, 0.29) is 0 Å². The lowest BCUT2D eigenvalue weighted by Gasteiger charge is -2.32. The first-order chi connectivity index (χ1) is 13.7. The molecular weight excluding hydrogens is 350 g/mol. The van der Waals surface area contributed by atoms with Gasteiger partial charge in [0.15, 0.2) is 0 Å². The summed E-state index contributed by atoms with van der Waals surface area (Å²) in [4.78, 5) is 4.55. The quantitative estimate of drug-likeness (QED) is 0.212. The minimum atomic E-state index is -0.835. The van der Waals surface area contributed by atoms with Crippen molar-refractivity contribution in [2.75, 3.05) is 19.8 Å². The van der Waals surface area contributed by atoms with E-state index in [1.165, 1.54) is 62.6 Å². The van der Waals surface area contributed by atoms with Gasteiger partial charge < -0.3 is 14.2 Å². The van der Waals surface area contributed by atoms with Crippen LogP contribution in [0.4, 0.5) is 0 Å². The summed E-state index contributed by atoms with van der Waals surface area (Å²) in [5.74, 6) is -0.835. The van der Waals surface area contributed by atoms with Crippen LogP contribution in [0.5, 0.6) is 0 Å². The molecule has 0 bridgehead atoms. The summed E-state index contributed by atoms with van der Waals surface area (Å²) >= 11 is 0. The molecule has 28 heavy (non-hydrogen) atoms. The molecule has 0 N–H and O–H groups in total. The van der Waals surface area contributed by atoms with Crippen molar-refractivity contribution in [2.45, 2.75) is 104 Å². The van der Waals surface area contributed by atoms with Crippen molar-refractivity contribution in [3.63, 3.8) is 0 Å². The van der Waals surface area contributed by atoms with E-state index < -0.39 is 5.97 Å².